The van der Waals surface area contributed by atoms with Crippen LogP contribution >= 0.6 is 11.6 Å². The summed E-state index contributed by atoms with van der Waals surface area (Å²) in [6, 6.07) is 21.0. The topological polar surface area (TPSA) is 77.8 Å². The molecule has 6 nitrogen and oxygen atoms in total. The van der Waals surface area contributed by atoms with Gasteiger partial charge in [-0.3, -0.25) is 5.32 Å². The predicted molar refractivity (Wildman–Crippen MR) is 123 cm³/mol. The number of nitrogens with one attached hydrogen (secondary N) is 1. The minimum Gasteiger partial charge on any atom is -0.467 e. The molecule has 0 spiro atoms. The maximum Gasteiger partial charge on any atom is 0.411 e. The summed E-state index contributed by atoms with van der Waals surface area (Å²) in [5.74, 6) is -0.0931. The van der Waals surface area contributed by atoms with Gasteiger partial charge in [0.15, 0.2) is 0 Å². The van der Waals surface area contributed by atoms with Crippen molar-refractivity contribution in [2.75, 3.05) is 19.0 Å². The molecule has 7 heteroatoms. The molecule has 1 aliphatic rings. The highest BCUT2D eigenvalue weighted by Gasteiger charge is 2.29. The third-order valence-corrected chi connectivity index (χ3v) is 5.97. The van der Waals surface area contributed by atoms with Crippen LogP contribution in [0, 0.1) is 0 Å². The summed E-state index contributed by atoms with van der Waals surface area (Å²) >= 11 is 6.21. The van der Waals surface area contributed by atoms with E-state index in [1.165, 1.54) is 13.2 Å². The van der Waals surface area contributed by atoms with E-state index in [1.54, 1.807) is 12.1 Å². The lowest BCUT2D eigenvalue weighted by Crippen LogP contribution is -2.18. The Bertz CT molecular complexity index is 1370. The quantitative estimate of drug-likeness (QED) is 0.426. The number of fused-ring (bicyclic) bond motifs is 4. The van der Waals surface area contributed by atoms with Crippen LogP contribution in [-0.4, -0.2) is 19.8 Å². The van der Waals surface area contributed by atoms with Crippen molar-refractivity contribution in [2.45, 2.75) is 5.92 Å². The Morgan fingerprint density at radius 3 is 2.31 bits per heavy atom. The largest absolute Gasteiger partial charge is 0.467 e. The molecule has 1 heterocycles. The molecular formula is C25H18ClNO5. The van der Waals surface area contributed by atoms with Gasteiger partial charge in [-0.2, -0.15) is 0 Å². The molecule has 1 N–H and O–H groups in total. The van der Waals surface area contributed by atoms with Crippen molar-refractivity contribution in [3.05, 3.63) is 93.3 Å². The van der Waals surface area contributed by atoms with E-state index < -0.39 is 11.7 Å². The molecule has 0 radical (unpaired) electrons. The van der Waals surface area contributed by atoms with Gasteiger partial charge >= 0.3 is 17.7 Å². The maximum absolute atomic E-state index is 12.5. The summed E-state index contributed by atoms with van der Waals surface area (Å²) in [6.45, 7) is 0.193. The Hall–Kier alpha value is -3.77. The molecule has 0 bridgehead atoms. The number of carbonyl (C=O) groups excluding carboxylic acids is 1. The minimum absolute atomic E-state index is 0.0388. The third-order valence-electron chi connectivity index (χ3n) is 5.62. The Balaban J connectivity index is 1.34. The zero-order valence-electron chi connectivity index (χ0n) is 17.1. The zero-order valence-corrected chi connectivity index (χ0v) is 17.8. The van der Waals surface area contributed by atoms with Crippen LogP contribution in [0.2, 0.25) is 5.02 Å². The Kier molecular flexibility index (Phi) is 5.07. The number of ether oxygens (including phenoxy) is 2. The van der Waals surface area contributed by atoms with Crippen molar-refractivity contribution in [1.29, 1.82) is 0 Å². The molecule has 0 atom stereocenters. The molecule has 1 aromatic heterocycles. The number of rotatable bonds is 4. The molecule has 160 valence electrons. The average Bonchev–Trinajstić information content (AvgIpc) is 3.14. The smallest absolute Gasteiger partial charge is 0.411 e. The number of carbonyl (C=O) groups is 1. The highest BCUT2D eigenvalue weighted by atomic mass is 35.5. The van der Waals surface area contributed by atoms with Gasteiger partial charge in [0.25, 0.3) is 0 Å². The number of hydrogen-bond donors (Lipinski definition) is 1. The number of amides is 1. The van der Waals surface area contributed by atoms with Gasteiger partial charge < -0.3 is 13.9 Å². The average molecular weight is 448 g/mol. The van der Waals surface area contributed by atoms with Crippen molar-refractivity contribution < 1.29 is 18.7 Å². The summed E-state index contributed by atoms with van der Waals surface area (Å²) in [5.41, 5.74) is 4.36. The van der Waals surface area contributed by atoms with Crippen molar-refractivity contribution in [3.63, 3.8) is 0 Å². The number of anilines is 1. The first-order valence-electron chi connectivity index (χ1n) is 9.99. The second-order valence-electron chi connectivity index (χ2n) is 7.41. The summed E-state index contributed by atoms with van der Waals surface area (Å²) < 4.78 is 15.6. The van der Waals surface area contributed by atoms with E-state index in [1.807, 2.05) is 24.3 Å². The highest BCUT2D eigenvalue weighted by molar-refractivity contribution is 6.36. The molecular weight excluding hydrogens is 430 g/mol. The van der Waals surface area contributed by atoms with Crippen LogP contribution < -0.4 is 15.7 Å². The minimum atomic E-state index is -0.616. The molecule has 1 aliphatic carbocycles. The van der Waals surface area contributed by atoms with Gasteiger partial charge in [0.1, 0.15) is 11.6 Å². The number of methoxy groups -OCH3 is 1. The normalized spacial score (nSPS) is 12.3. The fraction of sp³-hybridized carbons (Fsp3) is 0.120. The summed E-state index contributed by atoms with van der Waals surface area (Å²) in [5, 5.41) is 3.55. The molecule has 0 fully saturated rings. The zero-order chi connectivity index (χ0) is 22.2. The lowest BCUT2D eigenvalue weighted by Gasteiger charge is -2.15. The molecule has 0 saturated carbocycles. The van der Waals surface area contributed by atoms with Crippen LogP contribution in [0.25, 0.3) is 21.9 Å². The van der Waals surface area contributed by atoms with Crippen LogP contribution in [0.15, 0.2) is 75.9 Å². The fourth-order valence-corrected chi connectivity index (χ4v) is 4.44. The van der Waals surface area contributed by atoms with Gasteiger partial charge in [0.05, 0.1) is 12.5 Å². The summed E-state index contributed by atoms with van der Waals surface area (Å²) in [4.78, 5) is 24.7. The molecule has 4 aromatic rings. The van der Waals surface area contributed by atoms with Gasteiger partial charge in [0.2, 0.25) is 0 Å². The number of benzene rings is 3. The highest BCUT2D eigenvalue weighted by Crippen LogP contribution is 2.44. The van der Waals surface area contributed by atoms with Crippen molar-refractivity contribution in [1.82, 2.24) is 0 Å². The van der Waals surface area contributed by atoms with Crippen LogP contribution in [0.5, 0.6) is 5.95 Å². The van der Waals surface area contributed by atoms with Gasteiger partial charge in [-0.15, -0.1) is 0 Å². The van der Waals surface area contributed by atoms with Gasteiger partial charge in [-0.25, -0.2) is 9.59 Å². The summed E-state index contributed by atoms with van der Waals surface area (Å²) in [7, 11) is 1.36. The Morgan fingerprint density at radius 2 is 1.66 bits per heavy atom. The molecule has 5 rings (SSSR count). The Morgan fingerprint density at radius 1 is 1.00 bits per heavy atom. The van der Waals surface area contributed by atoms with Crippen LogP contribution in [-0.2, 0) is 4.74 Å². The number of hydrogen-bond acceptors (Lipinski definition) is 5. The standard InChI is InChI=1S/C25H18ClNO5/c1-30-24-22(26)19-11-10-14(12-20(19)23(28)32-24)27-25(29)31-13-21-17-8-4-2-6-15(17)16-7-3-5-9-18(16)21/h2-12,21H,13H2,1H3,(H,27,29). The SMILES string of the molecule is COc1oc(=O)c2cc(NC(=O)OCC3c4ccccc4-c4ccccc43)ccc2c1Cl. The van der Waals surface area contributed by atoms with Gasteiger partial charge in [0, 0.05) is 17.0 Å². The molecule has 0 saturated heterocycles. The van der Waals surface area contributed by atoms with E-state index >= 15 is 0 Å². The van der Waals surface area contributed by atoms with Crippen LogP contribution in [0.4, 0.5) is 10.5 Å². The van der Waals surface area contributed by atoms with E-state index in [0.29, 0.717) is 11.1 Å². The van der Waals surface area contributed by atoms with Gasteiger partial charge in [-0.05, 0) is 34.4 Å². The van der Waals surface area contributed by atoms with Crippen LogP contribution in [0.3, 0.4) is 0 Å². The van der Waals surface area contributed by atoms with E-state index in [-0.39, 0.29) is 28.9 Å². The van der Waals surface area contributed by atoms with Crippen molar-refractivity contribution >= 4 is 34.2 Å². The lowest BCUT2D eigenvalue weighted by molar-refractivity contribution is 0.158. The predicted octanol–water partition coefficient (Wildman–Crippen LogP) is 5.82. The molecule has 1 amide bonds. The third kappa shape index (κ3) is 3.39. The first kappa shape index (κ1) is 20.2. The van der Waals surface area contributed by atoms with Gasteiger partial charge in [-0.1, -0.05) is 66.2 Å². The lowest BCUT2D eigenvalue weighted by atomic mass is 9.98. The van der Waals surface area contributed by atoms with E-state index in [2.05, 4.69) is 29.6 Å². The second-order valence-corrected chi connectivity index (χ2v) is 7.78. The first-order valence-corrected chi connectivity index (χ1v) is 10.4. The monoisotopic (exact) mass is 447 g/mol. The fourth-order valence-electron chi connectivity index (χ4n) is 4.16. The molecule has 0 unspecified atom stereocenters. The van der Waals surface area contributed by atoms with Crippen molar-refractivity contribution in [3.8, 4) is 17.1 Å². The van der Waals surface area contributed by atoms with E-state index in [4.69, 9.17) is 25.5 Å². The van der Waals surface area contributed by atoms with E-state index in [0.717, 1.165) is 22.3 Å². The van der Waals surface area contributed by atoms with Crippen LogP contribution in [0.1, 0.15) is 17.0 Å². The maximum atomic E-state index is 12.5. The number of halogens is 1. The van der Waals surface area contributed by atoms with Crippen molar-refractivity contribution in [2.24, 2.45) is 0 Å². The second kappa shape index (κ2) is 8.05. The van der Waals surface area contributed by atoms with E-state index in [9.17, 15) is 9.59 Å². The first-order chi connectivity index (χ1) is 15.6. The molecule has 32 heavy (non-hydrogen) atoms. The molecule has 0 aliphatic heterocycles. The Labute approximate surface area is 188 Å². The molecule has 3 aromatic carbocycles. The summed E-state index contributed by atoms with van der Waals surface area (Å²) in [6.07, 6.45) is -0.616.